The maximum Gasteiger partial charge on any atom is 0.258 e. The molecule has 1 aromatic carbocycles. The third-order valence-electron chi connectivity index (χ3n) is 4.45. The van der Waals surface area contributed by atoms with Gasteiger partial charge in [-0.05, 0) is 24.6 Å². The van der Waals surface area contributed by atoms with Crippen LogP contribution < -0.4 is 19.9 Å². The monoisotopic (exact) mass is 389 g/mol. The molecule has 1 amide bonds. The predicted molar refractivity (Wildman–Crippen MR) is 107 cm³/mol. The van der Waals surface area contributed by atoms with E-state index in [-0.39, 0.29) is 5.91 Å². The van der Waals surface area contributed by atoms with Crippen molar-refractivity contribution < 1.29 is 9.53 Å². The molecule has 3 rings (SSSR count). The molecule has 1 N–H and O–H groups in total. The van der Waals surface area contributed by atoms with Crippen molar-refractivity contribution >= 4 is 29.1 Å². The minimum absolute atomic E-state index is 0.217. The van der Waals surface area contributed by atoms with Crippen molar-refractivity contribution in [3.63, 3.8) is 0 Å². The fourth-order valence-electron chi connectivity index (χ4n) is 2.99. The maximum atomic E-state index is 12.2. The van der Waals surface area contributed by atoms with E-state index in [4.69, 9.17) is 16.3 Å². The second-order valence-corrected chi connectivity index (χ2v) is 6.74. The number of amides is 1. The Labute approximate surface area is 164 Å². The van der Waals surface area contributed by atoms with Crippen LogP contribution in [0.25, 0.3) is 0 Å². The van der Waals surface area contributed by atoms with Gasteiger partial charge >= 0.3 is 0 Å². The first-order chi connectivity index (χ1) is 13.1. The number of anilines is 2. The van der Waals surface area contributed by atoms with Crippen LogP contribution in [-0.4, -0.2) is 55.7 Å². The highest BCUT2D eigenvalue weighted by molar-refractivity contribution is 6.30. The molecule has 0 spiro atoms. The number of benzene rings is 1. The van der Waals surface area contributed by atoms with E-state index in [1.54, 1.807) is 0 Å². The van der Waals surface area contributed by atoms with Gasteiger partial charge in [-0.25, -0.2) is 4.98 Å². The topological polar surface area (TPSA) is 70.6 Å². The maximum absolute atomic E-state index is 12.2. The van der Waals surface area contributed by atoms with E-state index in [0.29, 0.717) is 23.9 Å². The van der Waals surface area contributed by atoms with Crippen LogP contribution in [-0.2, 0) is 0 Å². The summed E-state index contributed by atoms with van der Waals surface area (Å²) in [6.07, 6.45) is 2.40. The van der Waals surface area contributed by atoms with Gasteiger partial charge in [-0.2, -0.15) is 4.98 Å². The molecular weight excluding hydrogens is 366 g/mol. The van der Waals surface area contributed by atoms with Crippen LogP contribution in [0.5, 0.6) is 5.88 Å². The van der Waals surface area contributed by atoms with E-state index in [9.17, 15) is 4.79 Å². The normalized spacial score (nSPS) is 14.2. The Morgan fingerprint density at radius 3 is 2.67 bits per heavy atom. The number of nitrogens with one attached hydrogen (secondary N) is 1. The number of ether oxygens (including phenoxy) is 1. The molecule has 0 bridgehead atoms. The highest BCUT2D eigenvalue weighted by atomic mass is 35.5. The predicted octanol–water partition coefficient (Wildman–Crippen LogP) is 2.61. The molecular formula is C19H24ClN5O2. The smallest absolute Gasteiger partial charge is 0.258 e. The molecule has 1 aliphatic heterocycles. The number of methoxy groups -OCH3 is 1. The van der Waals surface area contributed by atoms with Crippen LogP contribution in [0.15, 0.2) is 30.5 Å². The third-order valence-corrected chi connectivity index (χ3v) is 4.69. The first-order valence-electron chi connectivity index (χ1n) is 9.07. The number of hydrogen-bond donors (Lipinski definition) is 1. The Bertz CT molecular complexity index is 793. The lowest BCUT2D eigenvalue weighted by molar-refractivity contribution is 0.0949. The molecule has 8 heteroatoms. The number of rotatable bonds is 6. The van der Waals surface area contributed by atoms with Crippen molar-refractivity contribution in [3.8, 4) is 5.88 Å². The average molecular weight is 390 g/mol. The molecule has 1 fully saturated rings. The number of piperazine rings is 1. The lowest BCUT2D eigenvalue weighted by atomic mass is 10.2. The van der Waals surface area contributed by atoms with Crippen LogP contribution >= 0.6 is 11.6 Å². The molecule has 2 aromatic rings. The van der Waals surface area contributed by atoms with Crippen molar-refractivity contribution in [2.75, 3.05) is 49.6 Å². The Morgan fingerprint density at radius 1 is 1.26 bits per heavy atom. The Hall–Kier alpha value is -2.54. The van der Waals surface area contributed by atoms with Crippen molar-refractivity contribution in [2.45, 2.75) is 13.3 Å². The van der Waals surface area contributed by atoms with E-state index in [1.807, 2.05) is 25.1 Å². The van der Waals surface area contributed by atoms with E-state index in [0.717, 1.165) is 43.3 Å². The summed E-state index contributed by atoms with van der Waals surface area (Å²) in [6.45, 7) is 5.83. The standard InChI is InChI=1S/C19H24ClN5O2/c1-3-7-21-17(26)16-13-22-19(23-18(16)27-2)25-10-8-24(9-11-25)15-6-4-5-14(20)12-15/h4-6,12-13H,3,7-11H2,1-2H3,(H,21,26). The van der Waals surface area contributed by atoms with Gasteiger partial charge in [-0.3, -0.25) is 4.79 Å². The SMILES string of the molecule is CCCNC(=O)c1cnc(N2CCN(c3cccc(Cl)c3)CC2)nc1OC. The van der Waals surface area contributed by atoms with Crippen molar-refractivity contribution in [3.05, 3.63) is 41.0 Å². The zero-order chi connectivity index (χ0) is 19.2. The fraction of sp³-hybridized carbons (Fsp3) is 0.421. The van der Waals surface area contributed by atoms with Crippen LogP contribution in [0.2, 0.25) is 5.02 Å². The van der Waals surface area contributed by atoms with Gasteiger partial charge in [0.2, 0.25) is 11.8 Å². The zero-order valence-corrected chi connectivity index (χ0v) is 16.4. The van der Waals surface area contributed by atoms with Crippen molar-refractivity contribution in [1.82, 2.24) is 15.3 Å². The van der Waals surface area contributed by atoms with E-state index < -0.39 is 0 Å². The third kappa shape index (κ3) is 4.60. The first-order valence-corrected chi connectivity index (χ1v) is 9.45. The summed E-state index contributed by atoms with van der Waals surface area (Å²) in [7, 11) is 1.51. The first kappa shape index (κ1) is 19.2. The number of carbonyl (C=O) groups excluding carboxylic acids is 1. The Balaban J connectivity index is 1.68. The molecule has 1 saturated heterocycles. The minimum Gasteiger partial charge on any atom is -0.480 e. The number of hydrogen-bond acceptors (Lipinski definition) is 6. The molecule has 2 heterocycles. The van der Waals surface area contributed by atoms with E-state index in [2.05, 4.69) is 31.2 Å². The Morgan fingerprint density at radius 2 is 2.00 bits per heavy atom. The summed E-state index contributed by atoms with van der Waals surface area (Å²) in [5, 5.41) is 3.56. The highest BCUT2D eigenvalue weighted by Gasteiger charge is 2.22. The number of aromatic nitrogens is 2. The summed E-state index contributed by atoms with van der Waals surface area (Å²) >= 11 is 6.09. The summed E-state index contributed by atoms with van der Waals surface area (Å²) < 4.78 is 5.32. The van der Waals surface area contributed by atoms with Gasteiger partial charge < -0.3 is 19.9 Å². The summed E-state index contributed by atoms with van der Waals surface area (Å²) in [5.74, 6) is 0.654. The van der Waals surface area contributed by atoms with Gasteiger partial charge in [0.1, 0.15) is 5.56 Å². The molecule has 0 radical (unpaired) electrons. The zero-order valence-electron chi connectivity index (χ0n) is 15.6. The van der Waals surface area contributed by atoms with Gasteiger partial charge in [0.05, 0.1) is 7.11 Å². The van der Waals surface area contributed by atoms with Crippen molar-refractivity contribution in [2.24, 2.45) is 0 Å². The van der Waals surface area contributed by atoms with Crippen LogP contribution in [0, 0.1) is 0 Å². The second-order valence-electron chi connectivity index (χ2n) is 6.30. The minimum atomic E-state index is -0.217. The number of carbonyl (C=O) groups is 1. The van der Waals surface area contributed by atoms with Crippen molar-refractivity contribution in [1.29, 1.82) is 0 Å². The van der Waals surface area contributed by atoms with E-state index in [1.165, 1.54) is 13.3 Å². The van der Waals surface area contributed by atoms with E-state index >= 15 is 0 Å². The molecule has 144 valence electrons. The number of nitrogens with zero attached hydrogens (tertiary/aromatic N) is 4. The number of halogens is 1. The quantitative estimate of drug-likeness (QED) is 0.818. The molecule has 0 aliphatic carbocycles. The molecule has 27 heavy (non-hydrogen) atoms. The van der Waals surface area contributed by atoms with Gasteiger partial charge in [0.15, 0.2) is 0 Å². The van der Waals surface area contributed by atoms with Gasteiger partial charge in [0.25, 0.3) is 5.91 Å². The molecule has 1 aromatic heterocycles. The Kier molecular flexibility index (Phi) is 6.34. The highest BCUT2D eigenvalue weighted by Crippen LogP contribution is 2.23. The molecule has 0 unspecified atom stereocenters. The second kappa shape index (κ2) is 8.90. The lowest BCUT2D eigenvalue weighted by Crippen LogP contribution is -2.47. The fourth-order valence-corrected chi connectivity index (χ4v) is 3.18. The van der Waals surface area contributed by atoms with Gasteiger partial charge in [-0.15, -0.1) is 0 Å². The molecule has 0 saturated carbocycles. The van der Waals surface area contributed by atoms with Gasteiger partial charge in [-0.1, -0.05) is 24.6 Å². The van der Waals surface area contributed by atoms with Crippen LogP contribution in [0.1, 0.15) is 23.7 Å². The summed E-state index contributed by atoms with van der Waals surface area (Å²) in [6, 6.07) is 7.87. The largest absolute Gasteiger partial charge is 0.480 e. The van der Waals surface area contributed by atoms with Crippen LogP contribution in [0.4, 0.5) is 11.6 Å². The molecule has 1 aliphatic rings. The summed E-state index contributed by atoms with van der Waals surface area (Å²) in [5.41, 5.74) is 1.47. The molecule has 7 nitrogen and oxygen atoms in total. The lowest BCUT2D eigenvalue weighted by Gasteiger charge is -2.36. The van der Waals surface area contributed by atoms with Gasteiger partial charge in [0, 0.05) is 49.6 Å². The molecule has 0 atom stereocenters. The summed E-state index contributed by atoms with van der Waals surface area (Å²) in [4.78, 5) is 25.4. The average Bonchev–Trinajstić information content (AvgIpc) is 2.71. The van der Waals surface area contributed by atoms with Crippen LogP contribution in [0.3, 0.4) is 0 Å².